The molecule has 30 heavy (non-hydrogen) atoms. The first kappa shape index (κ1) is 22.3. The molecule has 2 aromatic rings. The first-order chi connectivity index (χ1) is 14.2. The third-order valence-corrected chi connectivity index (χ3v) is 5.91. The van der Waals surface area contributed by atoms with Gasteiger partial charge in [-0.15, -0.1) is 11.3 Å². The van der Waals surface area contributed by atoms with Crippen LogP contribution in [-0.2, 0) is 35.8 Å². The molecule has 0 aromatic carbocycles. The van der Waals surface area contributed by atoms with Gasteiger partial charge in [0.1, 0.15) is 5.82 Å². The van der Waals surface area contributed by atoms with E-state index in [0.29, 0.717) is 6.54 Å². The summed E-state index contributed by atoms with van der Waals surface area (Å²) in [4.78, 5) is 29.4. The average Bonchev–Trinajstić information content (AvgIpc) is 3.27. The Morgan fingerprint density at radius 3 is 2.60 bits per heavy atom. The van der Waals surface area contributed by atoms with Crippen molar-refractivity contribution in [1.29, 1.82) is 0 Å². The van der Waals surface area contributed by atoms with Crippen molar-refractivity contribution in [2.75, 3.05) is 6.54 Å². The maximum absolute atomic E-state index is 11.9. The maximum Gasteiger partial charge on any atom is 0.490 e. The number of hydrogen-bond donors (Lipinski definition) is 2. The molecule has 1 aliphatic carbocycles. The average molecular weight is 444 g/mol. The van der Waals surface area contributed by atoms with Crippen molar-refractivity contribution in [3.05, 3.63) is 40.1 Å². The number of rotatable bonds is 5. The van der Waals surface area contributed by atoms with E-state index in [1.165, 1.54) is 11.3 Å². The van der Waals surface area contributed by atoms with Gasteiger partial charge in [0.15, 0.2) is 0 Å². The molecule has 3 heterocycles. The van der Waals surface area contributed by atoms with Gasteiger partial charge >= 0.3 is 12.1 Å². The van der Waals surface area contributed by atoms with Crippen LogP contribution in [-0.4, -0.2) is 44.2 Å². The van der Waals surface area contributed by atoms with Crippen LogP contribution < -0.4 is 5.32 Å². The van der Waals surface area contributed by atoms with Gasteiger partial charge in [0.25, 0.3) is 0 Å². The van der Waals surface area contributed by atoms with Crippen molar-refractivity contribution >= 4 is 23.2 Å². The molecular formula is C19H23F3N4O3S. The Morgan fingerprint density at radius 1 is 1.30 bits per heavy atom. The Bertz CT molecular complexity index is 863. The van der Waals surface area contributed by atoms with E-state index in [1.54, 1.807) is 0 Å². The van der Waals surface area contributed by atoms with Crippen LogP contribution >= 0.6 is 11.3 Å². The normalized spacial score (nSPS) is 16.8. The minimum absolute atomic E-state index is 0.196. The monoisotopic (exact) mass is 444 g/mol. The first-order valence-corrected chi connectivity index (χ1v) is 10.5. The number of carboxylic acid groups (broad SMARTS) is 1. The summed E-state index contributed by atoms with van der Waals surface area (Å²) in [7, 11) is 0. The van der Waals surface area contributed by atoms with Crippen molar-refractivity contribution in [3.8, 4) is 0 Å². The second kappa shape index (κ2) is 9.61. The maximum atomic E-state index is 11.9. The third kappa shape index (κ3) is 6.05. The number of alkyl halides is 3. The van der Waals surface area contributed by atoms with Gasteiger partial charge in [-0.05, 0) is 24.3 Å². The molecule has 0 bridgehead atoms. The van der Waals surface area contributed by atoms with Crippen molar-refractivity contribution in [2.45, 2.75) is 51.6 Å². The van der Waals surface area contributed by atoms with Crippen LogP contribution in [0.3, 0.4) is 0 Å². The van der Waals surface area contributed by atoms with Crippen LogP contribution in [0.15, 0.2) is 23.7 Å². The fourth-order valence-electron chi connectivity index (χ4n) is 3.20. The van der Waals surface area contributed by atoms with Gasteiger partial charge in [-0.1, -0.05) is 12.5 Å². The molecule has 1 aliphatic heterocycles. The number of nitrogens with zero attached hydrogens (tertiary/aromatic N) is 3. The number of amides is 1. The standard InChI is InChI=1S/C17H22N4OS.C2HF3O2/c22-17(13-3-1-4-13)18-9-14-10-21-7-6-20(12-16(21)19-14)11-15-5-2-8-23-15;3-2(4,5)1(6)7/h2,5,8,10,13H,1,3-4,6-7,9,11-12H2,(H,18,22);(H,6,7). The van der Waals surface area contributed by atoms with Gasteiger partial charge in [0, 0.05) is 36.6 Å². The van der Waals surface area contributed by atoms with Gasteiger partial charge in [-0.3, -0.25) is 9.69 Å². The van der Waals surface area contributed by atoms with E-state index >= 15 is 0 Å². The molecule has 0 unspecified atom stereocenters. The molecule has 4 rings (SSSR count). The number of aromatic nitrogens is 2. The minimum Gasteiger partial charge on any atom is -0.475 e. The van der Waals surface area contributed by atoms with Crippen molar-refractivity contribution < 1.29 is 27.9 Å². The Morgan fingerprint density at radius 2 is 2.03 bits per heavy atom. The zero-order valence-electron chi connectivity index (χ0n) is 16.2. The number of hydrogen-bond acceptors (Lipinski definition) is 5. The van der Waals surface area contributed by atoms with Crippen LogP contribution in [0.4, 0.5) is 13.2 Å². The Balaban J connectivity index is 0.000000318. The van der Waals surface area contributed by atoms with Gasteiger partial charge < -0.3 is 15.0 Å². The first-order valence-electron chi connectivity index (χ1n) is 9.60. The van der Waals surface area contributed by atoms with Crippen molar-refractivity contribution in [1.82, 2.24) is 19.8 Å². The molecule has 2 aromatic heterocycles. The molecular weight excluding hydrogens is 421 g/mol. The van der Waals surface area contributed by atoms with Crippen molar-refractivity contribution in [3.63, 3.8) is 0 Å². The third-order valence-electron chi connectivity index (χ3n) is 5.05. The largest absolute Gasteiger partial charge is 0.490 e. The number of carbonyl (C=O) groups is 2. The number of halogens is 3. The summed E-state index contributed by atoms with van der Waals surface area (Å²) in [6.45, 7) is 4.46. The number of carboxylic acids is 1. The quantitative estimate of drug-likeness (QED) is 0.740. The van der Waals surface area contributed by atoms with E-state index in [4.69, 9.17) is 14.9 Å². The van der Waals surface area contributed by atoms with Gasteiger partial charge in [-0.25, -0.2) is 9.78 Å². The van der Waals surface area contributed by atoms with E-state index in [0.717, 1.165) is 50.5 Å². The van der Waals surface area contributed by atoms with Gasteiger partial charge in [-0.2, -0.15) is 13.2 Å². The highest BCUT2D eigenvalue weighted by Crippen LogP contribution is 2.26. The summed E-state index contributed by atoms with van der Waals surface area (Å²) in [6.07, 6.45) is 0.294. The molecule has 0 spiro atoms. The number of imidazole rings is 1. The summed E-state index contributed by atoms with van der Waals surface area (Å²) >= 11 is 1.81. The molecule has 164 valence electrons. The van der Waals surface area contributed by atoms with E-state index in [-0.39, 0.29) is 11.8 Å². The SMILES string of the molecule is O=C(NCc1cn2c(n1)CN(Cc1cccs1)CC2)C1CCC1.O=C(O)C(F)(F)F. The summed E-state index contributed by atoms with van der Waals surface area (Å²) < 4.78 is 34.0. The van der Waals surface area contributed by atoms with E-state index in [1.807, 2.05) is 11.3 Å². The van der Waals surface area contributed by atoms with Crippen LogP contribution in [0, 0.1) is 5.92 Å². The molecule has 0 atom stereocenters. The molecule has 7 nitrogen and oxygen atoms in total. The second-order valence-electron chi connectivity index (χ2n) is 7.28. The number of aliphatic carboxylic acids is 1. The summed E-state index contributed by atoms with van der Waals surface area (Å²) in [5, 5.41) is 12.3. The molecule has 11 heteroatoms. The lowest BCUT2D eigenvalue weighted by atomic mass is 9.85. The Kier molecular flexibility index (Phi) is 7.14. The highest BCUT2D eigenvalue weighted by atomic mass is 32.1. The van der Waals surface area contributed by atoms with Crippen LogP contribution in [0.25, 0.3) is 0 Å². The second-order valence-corrected chi connectivity index (χ2v) is 8.31. The van der Waals surface area contributed by atoms with Crippen molar-refractivity contribution in [2.24, 2.45) is 5.92 Å². The molecule has 1 saturated carbocycles. The Labute approximate surface area is 175 Å². The fraction of sp³-hybridized carbons (Fsp3) is 0.526. The van der Waals surface area contributed by atoms with Gasteiger partial charge in [0.2, 0.25) is 5.91 Å². The number of carbonyl (C=O) groups excluding carboxylic acids is 1. The van der Waals surface area contributed by atoms with E-state index in [2.05, 4.69) is 38.5 Å². The lowest BCUT2D eigenvalue weighted by molar-refractivity contribution is -0.192. The molecule has 1 fully saturated rings. The number of thiophene rings is 1. The minimum atomic E-state index is -5.08. The molecule has 0 radical (unpaired) electrons. The summed E-state index contributed by atoms with van der Waals surface area (Å²) in [5.74, 6) is -1.21. The smallest absolute Gasteiger partial charge is 0.475 e. The van der Waals surface area contributed by atoms with E-state index in [9.17, 15) is 18.0 Å². The van der Waals surface area contributed by atoms with E-state index < -0.39 is 12.1 Å². The Hall–Kier alpha value is -2.40. The number of nitrogens with one attached hydrogen (secondary N) is 1. The zero-order valence-corrected chi connectivity index (χ0v) is 17.0. The van der Waals surface area contributed by atoms with Crippen LogP contribution in [0.5, 0.6) is 0 Å². The lowest BCUT2D eigenvalue weighted by Crippen LogP contribution is -2.34. The summed E-state index contributed by atoms with van der Waals surface area (Å²) in [6, 6.07) is 4.29. The predicted octanol–water partition coefficient (Wildman–Crippen LogP) is 3.01. The highest BCUT2D eigenvalue weighted by molar-refractivity contribution is 7.09. The van der Waals surface area contributed by atoms with Crippen LogP contribution in [0.2, 0.25) is 0 Å². The topological polar surface area (TPSA) is 87.5 Å². The lowest BCUT2D eigenvalue weighted by Gasteiger charge is -2.26. The molecule has 1 amide bonds. The molecule has 0 saturated heterocycles. The summed E-state index contributed by atoms with van der Waals surface area (Å²) in [5.41, 5.74) is 0.977. The highest BCUT2D eigenvalue weighted by Gasteiger charge is 2.38. The number of fused-ring (bicyclic) bond motifs is 1. The molecule has 2 aliphatic rings. The van der Waals surface area contributed by atoms with Gasteiger partial charge in [0.05, 0.1) is 18.8 Å². The zero-order chi connectivity index (χ0) is 21.7. The molecule has 2 N–H and O–H groups in total. The van der Waals surface area contributed by atoms with Crippen LogP contribution in [0.1, 0.15) is 35.7 Å². The fourth-order valence-corrected chi connectivity index (χ4v) is 3.94. The predicted molar refractivity (Wildman–Crippen MR) is 104 cm³/mol.